The van der Waals surface area contributed by atoms with Gasteiger partial charge in [0, 0.05) is 5.39 Å². The lowest BCUT2D eigenvalue weighted by atomic mass is 10.0. The molecule has 3 aromatic rings. The van der Waals surface area contributed by atoms with Gasteiger partial charge in [0.2, 0.25) is 0 Å². The number of amides is 1. The highest BCUT2D eigenvalue weighted by Gasteiger charge is 2.20. The molecule has 1 N–H and O–H groups in total. The quantitative estimate of drug-likeness (QED) is 0.576. The molecule has 6 nitrogen and oxygen atoms in total. The van der Waals surface area contributed by atoms with E-state index in [2.05, 4.69) is 15.0 Å². The Kier molecular flexibility index (Phi) is 6.56. The number of hydrogen-bond donors (Lipinski definition) is 1. The van der Waals surface area contributed by atoms with Gasteiger partial charge < -0.3 is 14.8 Å². The third-order valence-electron chi connectivity index (χ3n) is 4.48. The second kappa shape index (κ2) is 9.30. The largest absolute Gasteiger partial charge is 0.452 e. The number of pyridine rings is 1. The molecule has 156 valence electrons. The van der Waals surface area contributed by atoms with Gasteiger partial charge >= 0.3 is 12.6 Å². The molecule has 0 saturated heterocycles. The number of nitrogens with zero attached hydrogens (tertiary/aromatic N) is 1. The van der Waals surface area contributed by atoms with Crippen molar-refractivity contribution in [2.24, 2.45) is 0 Å². The van der Waals surface area contributed by atoms with Crippen LogP contribution in [0.5, 0.6) is 5.75 Å². The van der Waals surface area contributed by atoms with Crippen LogP contribution in [0.3, 0.4) is 0 Å². The van der Waals surface area contributed by atoms with Crippen LogP contribution in [-0.4, -0.2) is 30.1 Å². The van der Waals surface area contributed by atoms with Crippen LogP contribution in [0.15, 0.2) is 48.5 Å². The predicted octanol–water partition coefficient (Wildman–Crippen LogP) is 4.50. The maximum absolute atomic E-state index is 12.7. The molecular formula is C22H20F2N2O4. The van der Waals surface area contributed by atoms with Crippen molar-refractivity contribution in [3.05, 3.63) is 65.4 Å². The fourth-order valence-electron chi connectivity index (χ4n) is 3.13. The van der Waals surface area contributed by atoms with Crippen LogP contribution in [0.1, 0.15) is 28.5 Å². The van der Waals surface area contributed by atoms with Gasteiger partial charge in [-0.05, 0) is 37.1 Å². The van der Waals surface area contributed by atoms with E-state index in [0.29, 0.717) is 17.7 Å². The number of nitrogens with one attached hydrogen (secondary N) is 1. The number of carbonyl (C=O) groups excluding carboxylic acids is 2. The summed E-state index contributed by atoms with van der Waals surface area (Å²) in [5, 5.41) is 3.23. The summed E-state index contributed by atoms with van der Waals surface area (Å²) in [5.74, 6) is -1.54. The first-order valence-electron chi connectivity index (χ1n) is 9.29. The summed E-state index contributed by atoms with van der Waals surface area (Å²) >= 11 is 0. The van der Waals surface area contributed by atoms with Crippen LogP contribution >= 0.6 is 0 Å². The molecule has 3 rings (SSSR count). The Labute approximate surface area is 171 Å². The molecule has 0 aliphatic rings. The molecule has 0 atom stereocenters. The second-order valence-corrected chi connectivity index (χ2v) is 6.43. The first-order chi connectivity index (χ1) is 14.4. The summed E-state index contributed by atoms with van der Waals surface area (Å²) in [7, 11) is 0. The summed E-state index contributed by atoms with van der Waals surface area (Å²) < 4.78 is 34.5. The minimum absolute atomic E-state index is 0.0525. The summed E-state index contributed by atoms with van der Waals surface area (Å²) in [6.45, 7) is 0.0615. The third kappa shape index (κ3) is 4.71. The molecule has 0 unspecified atom stereocenters. The summed E-state index contributed by atoms with van der Waals surface area (Å²) in [6, 6.07) is 13.2. The molecule has 0 aliphatic carbocycles. The molecule has 1 amide bonds. The van der Waals surface area contributed by atoms with Gasteiger partial charge in [-0.2, -0.15) is 8.78 Å². The summed E-state index contributed by atoms with van der Waals surface area (Å²) in [5.41, 5.74) is 2.45. The molecule has 0 spiro atoms. The maximum Gasteiger partial charge on any atom is 0.387 e. The van der Waals surface area contributed by atoms with Gasteiger partial charge in [0.25, 0.3) is 5.91 Å². The number of benzene rings is 2. The number of ether oxygens (including phenoxy) is 2. The number of aryl methyl sites for hydroxylation is 2. The zero-order valence-electron chi connectivity index (χ0n) is 16.4. The zero-order valence-corrected chi connectivity index (χ0v) is 16.4. The number of fused-ring (bicyclic) bond motifs is 1. The van der Waals surface area contributed by atoms with Crippen LogP contribution in [0.4, 0.5) is 14.5 Å². The van der Waals surface area contributed by atoms with Crippen molar-refractivity contribution in [2.45, 2.75) is 26.9 Å². The first kappa shape index (κ1) is 21.2. The highest BCUT2D eigenvalue weighted by atomic mass is 19.3. The summed E-state index contributed by atoms with van der Waals surface area (Å²) in [6.07, 6.45) is 0.515. The average Bonchev–Trinajstić information content (AvgIpc) is 2.73. The van der Waals surface area contributed by atoms with Gasteiger partial charge in [0.15, 0.2) is 6.61 Å². The Morgan fingerprint density at radius 3 is 2.53 bits per heavy atom. The van der Waals surface area contributed by atoms with E-state index in [9.17, 15) is 18.4 Å². The monoisotopic (exact) mass is 414 g/mol. The van der Waals surface area contributed by atoms with E-state index in [1.54, 1.807) is 13.0 Å². The van der Waals surface area contributed by atoms with Crippen molar-refractivity contribution < 1.29 is 27.8 Å². The number of esters is 1. The molecule has 0 radical (unpaired) electrons. The lowest BCUT2D eigenvalue weighted by Crippen LogP contribution is -2.22. The van der Waals surface area contributed by atoms with Crippen molar-refractivity contribution in [1.29, 1.82) is 0 Å². The second-order valence-electron chi connectivity index (χ2n) is 6.43. The van der Waals surface area contributed by atoms with Crippen molar-refractivity contribution in [3.63, 3.8) is 0 Å². The first-order valence-corrected chi connectivity index (χ1v) is 9.29. The van der Waals surface area contributed by atoms with E-state index in [4.69, 9.17) is 4.74 Å². The zero-order chi connectivity index (χ0) is 21.7. The molecule has 1 heterocycles. The van der Waals surface area contributed by atoms with Crippen LogP contribution in [0, 0.1) is 6.92 Å². The molecule has 1 aromatic heterocycles. The molecule has 0 saturated carbocycles. The van der Waals surface area contributed by atoms with E-state index in [0.717, 1.165) is 16.5 Å². The topological polar surface area (TPSA) is 77.5 Å². The molecule has 0 aliphatic heterocycles. The van der Waals surface area contributed by atoms with Crippen molar-refractivity contribution in [3.8, 4) is 5.75 Å². The lowest BCUT2D eigenvalue weighted by Gasteiger charge is -2.14. The van der Waals surface area contributed by atoms with Crippen molar-refractivity contribution in [1.82, 2.24) is 4.98 Å². The van der Waals surface area contributed by atoms with Crippen molar-refractivity contribution >= 4 is 28.5 Å². The Bertz CT molecular complexity index is 1090. The van der Waals surface area contributed by atoms with E-state index < -0.39 is 25.1 Å². The maximum atomic E-state index is 12.7. The normalized spacial score (nSPS) is 10.8. The molecule has 0 bridgehead atoms. The number of halogens is 2. The SMILES string of the molecule is CCc1nc2ccccc2c(C)c1C(=O)OCC(=O)Nc1ccccc1OC(F)F. The average molecular weight is 414 g/mol. The van der Waals surface area contributed by atoms with E-state index in [1.807, 2.05) is 31.2 Å². The highest BCUT2D eigenvalue weighted by Crippen LogP contribution is 2.26. The standard InChI is InChI=1S/C22H20F2N2O4/c1-3-15-20(13(2)14-8-4-5-9-16(14)25-15)21(28)29-12-19(27)26-17-10-6-7-11-18(17)30-22(23)24/h4-11,22H,3,12H2,1-2H3,(H,26,27). The minimum atomic E-state index is -3.03. The highest BCUT2D eigenvalue weighted by molar-refractivity contribution is 6.00. The van der Waals surface area contributed by atoms with E-state index in [-0.39, 0.29) is 11.4 Å². The third-order valence-corrected chi connectivity index (χ3v) is 4.48. The molecular weight excluding hydrogens is 394 g/mol. The number of para-hydroxylation sites is 3. The number of hydrogen-bond acceptors (Lipinski definition) is 5. The van der Waals surface area contributed by atoms with Gasteiger partial charge in [-0.1, -0.05) is 37.3 Å². The molecule has 2 aromatic carbocycles. The number of anilines is 1. The Balaban J connectivity index is 1.73. The van der Waals surface area contributed by atoms with Gasteiger partial charge in [-0.15, -0.1) is 0 Å². The van der Waals surface area contributed by atoms with Crippen LogP contribution in [0.25, 0.3) is 10.9 Å². The van der Waals surface area contributed by atoms with Crippen LogP contribution in [0.2, 0.25) is 0 Å². The molecule has 30 heavy (non-hydrogen) atoms. The fourth-order valence-corrected chi connectivity index (χ4v) is 3.13. The Hall–Kier alpha value is -3.55. The molecule has 0 fully saturated rings. The predicted molar refractivity (Wildman–Crippen MR) is 108 cm³/mol. The fraction of sp³-hybridized carbons (Fsp3) is 0.227. The molecule has 8 heteroatoms. The van der Waals surface area contributed by atoms with Crippen LogP contribution < -0.4 is 10.1 Å². The van der Waals surface area contributed by atoms with Crippen molar-refractivity contribution in [2.75, 3.05) is 11.9 Å². The number of rotatable bonds is 7. The van der Waals surface area contributed by atoms with E-state index in [1.165, 1.54) is 18.2 Å². The number of aromatic nitrogens is 1. The van der Waals surface area contributed by atoms with E-state index >= 15 is 0 Å². The van der Waals surface area contributed by atoms with Crippen LogP contribution in [-0.2, 0) is 16.0 Å². The minimum Gasteiger partial charge on any atom is -0.452 e. The smallest absolute Gasteiger partial charge is 0.387 e. The Morgan fingerprint density at radius 1 is 1.10 bits per heavy atom. The number of alkyl halides is 2. The lowest BCUT2D eigenvalue weighted by molar-refractivity contribution is -0.119. The van der Waals surface area contributed by atoms with Gasteiger partial charge in [-0.25, -0.2) is 4.79 Å². The van der Waals surface area contributed by atoms with Gasteiger partial charge in [0.1, 0.15) is 5.75 Å². The number of carbonyl (C=O) groups is 2. The van der Waals surface area contributed by atoms with Gasteiger partial charge in [-0.3, -0.25) is 9.78 Å². The van der Waals surface area contributed by atoms with Gasteiger partial charge in [0.05, 0.1) is 22.5 Å². The Morgan fingerprint density at radius 2 is 1.80 bits per heavy atom. The summed E-state index contributed by atoms with van der Waals surface area (Å²) in [4.78, 5) is 29.4.